The summed E-state index contributed by atoms with van der Waals surface area (Å²) in [5.74, 6) is -0.0767. The summed E-state index contributed by atoms with van der Waals surface area (Å²) in [5, 5.41) is 12.8. The van der Waals surface area contributed by atoms with E-state index in [1.165, 1.54) is 22.8 Å². The molecule has 2 aromatic heterocycles. The third kappa shape index (κ3) is 4.31. The van der Waals surface area contributed by atoms with Crippen LogP contribution < -0.4 is 22.3 Å². The average molecular weight is 497 g/mol. The van der Waals surface area contributed by atoms with Gasteiger partial charge in [0.2, 0.25) is 5.95 Å². The van der Waals surface area contributed by atoms with Gasteiger partial charge in [-0.3, -0.25) is 9.36 Å². The van der Waals surface area contributed by atoms with Crippen LogP contribution in [0.25, 0.3) is 16.6 Å². The highest BCUT2D eigenvalue weighted by molar-refractivity contribution is 6.35. The minimum atomic E-state index is -2.74. The number of aromatic nitrogens is 4. The number of fused-ring (bicyclic) bond motifs is 1. The number of nitrogen functional groups attached to an aromatic ring is 2. The second-order valence-corrected chi connectivity index (χ2v) is 8.17. The maximum Gasteiger partial charge on any atom is 0.267 e. The van der Waals surface area contributed by atoms with Crippen LogP contribution in [0.5, 0.6) is 0 Å². The Bertz CT molecular complexity index is 1560. The number of alkyl halides is 2. The Hall–Kier alpha value is -4.30. The molecular weight excluding hydrogens is 478 g/mol. The van der Waals surface area contributed by atoms with Gasteiger partial charge in [-0.2, -0.15) is 15.2 Å². The van der Waals surface area contributed by atoms with Gasteiger partial charge >= 0.3 is 0 Å². The molecule has 2 aromatic carbocycles. The first-order valence-corrected chi connectivity index (χ1v) is 10.7. The Morgan fingerprint density at radius 2 is 1.91 bits per heavy atom. The Morgan fingerprint density at radius 1 is 1.17 bits per heavy atom. The second kappa shape index (κ2) is 9.15. The lowest BCUT2D eigenvalue weighted by atomic mass is 10.1. The second-order valence-electron chi connectivity index (χ2n) is 7.76. The molecule has 2 heterocycles. The molecule has 4 rings (SSSR count). The number of benzene rings is 2. The van der Waals surface area contributed by atoms with Crippen LogP contribution in [0.2, 0.25) is 5.02 Å². The van der Waals surface area contributed by atoms with Crippen LogP contribution in [0.15, 0.2) is 41.2 Å². The van der Waals surface area contributed by atoms with Gasteiger partial charge in [-0.15, -0.1) is 0 Å². The van der Waals surface area contributed by atoms with E-state index in [1.54, 1.807) is 32.0 Å². The van der Waals surface area contributed by atoms with Crippen LogP contribution in [0.1, 0.15) is 41.9 Å². The minimum Gasteiger partial charge on any atom is -0.382 e. The molecule has 0 radical (unpaired) electrons. The van der Waals surface area contributed by atoms with Crippen molar-refractivity contribution in [2.24, 2.45) is 0 Å². The third-order valence-corrected chi connectivity index (χ3v) is 5.72. The molecule has 0 saturated heterocycles. The molecule has 0 aliphatic heterocycles. The van der Waals surface area contributed by atoms with Gasteiger partial charge < -0.3 is 16.8 Å². The van der Waals surface area contributed by atoms with Gasteiger partial charge in [-0.25, -0.2) is 13.8 Å². The number of nitriles is 1. The van der Waals surface area contributed by atoms with Gasteiger partial charge in [0.05, 0.1) is 27.7 Å². The predicted octanol–water partition coefficient (Wildman–Crippen LogP) is 4.28. The molecule has 1 atom stereocenters. The number of aryl methyl sites for hydroxylation is 1. The number of rotatable bonds is 5. The lowest BCUT2D eigenvalue weighted by Gasteiger charge is -2.22. The lowest BCUT2D eigenvalue weighted by molar-refractivity contribution is 0.151. The first-order chi connectivity index (χ1) is 16.6. The fourth-order valence-electron chi connectivity index (χ4n) is 3.71. The summed E-state index contributed by atoms with van der Waals surface area (Å²) in [6.45, 7) is 3.35. The van der Waals surface area contributed by atoms with Crippen LogP contribution in [-0.4, -0.2) is 19.5 Å². The van der Waals surface area contributed by atoms with Crippen molar-refractivity contribution in [2.45, 2.75) is 26.3 Å². The van der Waals surface area contributed by atoms with Gasteiger partial charge in [0.1, 0.15) is 23.3 Å². The van der Waals surface area contributed by atoms with E-state index in [9.17, 15) is 18.8 Å². The number of nitrogens with one attached hydrogen (secondary N) is 1. The average Bonchev–Trinajstić information content (AvgIpc) is 2.79. The van der Waals surface area contributed by atoms with Gasteiger partial charge in [-0.05, 0) is 37.6 Å². The Balaban J connectivity index is 2.00. The molecule has 0 fully saturated rings. The summed E-state index contributed by atoms with van der Waals surface area (Å²) >= 11 is 6.31. The van der Waals surface area contributed by atoms with E-state index in [-0.39, 0.29) is 50.6 Å². The van der Waals surface area contributed by atoms with Gasteiger partial charge in [0.25, 0.3) is 12.0 Å². The van der Waals surface area contributed by atoms with Crippen LogP contribution in [0.4, 0.5) is 26.4 Å². The maximum atomic E-state index is 13.7. The molecule has 5 N–H and O–H groups in total. The smallest absolute Gasteiger partial charge is 0.267 e. The Morgan fingerprint density at radius 3 is 2.60 bits per heavy atom. The van der Waals surface area contributed by atoms with Crippen molar-refractivity contribution >= 4 is 40.1 Å². The van der Waals surface area contributed by atoms with Crippen molar-refractivity contribution in [3.8, 4) is 11.8 Å². The summed E-state index contributed by atoms with van der Waals surface area (Å²) in [7, 11) is 0. The van der Waals surface area contributed by atoms with Crippen LogP contribution >= 0.6 is 11.6 Å². The highest BCUT2D eigenvalue weighted by Gasteiger charge is 2.23. The molecule has 0 unspecified atom stereocenters. The topological polar surface area (TPSA) is 149 Å². The van der Waals surface area contributed by atoms with E-state index in [2.05, 4.69) is 20.3 Å². The summed E-state index contributed by atoms with van der Waals surface area (Å²) in [6, 6.07) is 10.00. The Labute approximate surface area is 203 Å². The number of hydrogen-bond donors (Lipinski definition) is 3. The van der Waals surface area contributed by atoms with Gasteiger partial charge in [0, 0.05) is 5.56 Å². The number of nitrogens with two attached hydrogens (primary N) is 2. The fourth-order valence-corrected chi connectivity index (χ4v) is 3.96. The first-order valence-electron chi connectivity index (χ1n) is 10.3. The molecule has 178 valence electrons. The number of anilines is 3. The highest BCUT2D eigenvalue weighted by Crippen LogP contribution is 2.29. The molecule has 12 heteroatoms. The maximum absolute atomic E-state index is 13.7. The Kier molecular flexibility index (Phi) is 6.24. The van der Waals surface area contributed by atoms with Gasteiger partial charge in [-0.1, -0.05) is 29.8 Å². The SMILES string of the molecule is Cc1ccc(C(F)F)cc1-n1c([C@H](C)Nc2nc(N)nc(N)c2C#N)nc2cccc(Cl)c2c1=O. The van der Waals surface area contributed by atoms with Crippen LogP contribution in [0, 0.1) is 18.3 Å². The zero-order valence-electron chi connectivity index (χ0n) is 18.6. The quantitative estimate of drug-likeness (QED) is 0.370. The van der Waals surface area contributed by atoms with Crippen molar-refractivity contribution in [1.29, 1.82) is 5.26 Å². The summed E-state index contributed by atoms with van der Waals surface area (Å²) in [5.41, 5.74) is 11.7. The molecule has 0 amide bonds. The summed E-state index contributed by atoms with van der Waals surface area (Å²) in [6.07, 6.45) is -2.74. The summed E-state index contributed by atoms with van der Waals surface area (Å²) < 4.78 is 28.3. The third-order valence-electron chi connectivity index (χ3n) is 5.41. The van der Waals surface area contributed by atoms with E-state index >= 15 is 0 Å². The van der Waals surface area contributed by atoms with Crippen molar-refractivity contribution in [1.82, 2.24) is 19.5 Å². The molecule has 0 saturated carbocycles. The molecule has 9 nitrogen and oxygen atoms in total. The van der Waals surface area contributed by atoms with E-state index in [1.807, 2.05) is 6.07 Å². The molecule has 0 spiro atoms. The van der Waals surface area contributed by atoms with E-state index in [4.69, 9.17) is 23.1 Å². The van der Waals surface area contributed by atoms with E-state index < -0.39 is 18.0 Å². The zero-order chi connectivity index (χ0) is 25.4. The zero-order valence-corrected chi connectivity index (χ0v) is 19.3. The minimum absolute atomic E-state index is 0.0371. The van der Waals surface area contributed by atoms with E-state index in [0.717, 1.165) is 0 Å². The van der Waals surface area contributed by atoms with Crippen molar-refractivity contribution in [3.63, 3.8) is 0 Å². The lowest BCUT2D eigenvalue weighted by Crippen LogP contribution is -2.28. The summed E-state index contributed by atoms with van der Waals surface area (Å²) in [4.78, 5) is 26.1. The number of nitrogens with zero attached hydrogens (tertiary/aromatic N) is 5. The molecule has 0 bridgehead atoms. The standard InChI is InChI=1S/C23H19ClF2N8O/c1-10-6-7-12(18(25)26)8-16(10)34-21(31-15-5-3-4-14(24)17(15)22(34)35)11(2)30-20-13(9-27)19(28)32-23(29)33-20/h3-8,11,18H,1-2H3,(H5,28,29,30,32,33)/t11-/m0/s1. The number of hydrogen-bond acceptors (Lipinski definition) is 8. The fraction of sp³-hybridized carbons (Fsp3) is 0.174. The molecule has 4 aromatic rings. The van der Waals surface area contributed by atoms with Gasteiger partial charge in [0.15, 0.2) is 5.82 Å². The largest absolute Gasteiger partial charge is 0.382 e. The van der Waals surface area contributed by atoms with Crippen molar-refractivity contribution in [3.05, 3.63) is 74.3 Å². The molecule has 0 aliphatic rings. The molecule has 0 aliphatic carbocycles. The van der Waals surface area contributed by atoms with Crippen LogP contribution in [0.3, 0.4) is 0 Å². The molecule has 35 heavy (non-hydrogen) atoms. The van der Waals surface area contributed by atoms with Crippen molar-refractivity contribution in [2.75, 3.05) is 16.8 Å². The normalized spacial score (nSPS) is 12.0. The van der Waals surface area contributed by atoms with E-state index in [0.29, 0.717) is 11.1 Å². The number of halogens is 3. The monoisotopic (exact) mass is 496 g/mol. The first kappa shape index (κ1) is 23.8. The molecular formula is C23H19ClF2N8O. The predicted molar refractivity (Wildman–Crippen MR) is 130 cm³/mol. The van der Waals surface area contributed by atoms with Crippen molar-refractivity contribution < 1.29 is 8.78 Å². The van der Waals surface area contributed by atoms with Crippen LogP contribution in [-0.2, 0) is 0 Å². The highest BCUT2D eigenvalue weighted by atomic mass is 35.5.